The minimum atomic E-state index is 0.0148. The molecule has 0 saturated heterocycles. The van der Waals surface area contributed by atoms with E-state index >= 15 is 0 Å². The van der Waals surface area contributed by atoms with Crippen molar-refractivity contribution in [1.29, 1.82) is 5.26 Å². The van der Waals surface area contributed by atoms with Crippen molar-refractivity contribution in [2.24, 2.45) is 11.1 Å². The van der Waals surface area contributed by atoms with Gasteiger partial charge in [0.15, 0.2) is 10.3 Å². The predicted molar refractivity (Wildman–Crippen MR) is 72.6 cm³/mol. The Morgan fingerprint density at radius 2 is 2.24 bits per heavy atom. The van der Waals surface area contributed by atoms with Gasteiger partial charge in [-0.25, -0.2) is 4.98 Å². The molecule has 0 radical (unpaired) electrons. The molecule has 94 valence electrons. The van der Waals surface area contributed by atoms with Crippen molar-refractivity contribution in [3.63, 3.8) is 0 Å². The SMILES string of the molecule is CCN(CC(C)(C)CN)c1nc(Cl)c(C#N)s1. The molecule has 17 heavy (non-hydrogen) atoms. The summed E-state index contributed by atoms with van der Waals surface area (Å²) in [4.78, 5) is 6.78. The topological polar surface area (TPSA) is 65.9 Å². The number of nitrogens with two attached hydrogens (primary N) is 1. The number of anilines is 1. The first-order chi connectivity index (χ1) is 7.93. The number of nitrogens with zero attached hydrogens (tertiary/aromatic N) is 3. The van der Waals surface area contributed by atoms with E-state index in [1.54, 1.807) is 0 Å². The van der Waals surface area contributed by atoms with Gasteiger partial charge in [0, 0.05) is 13.1 Å². The lowest BCUT2D eigenvalue weighted by molar-refractivity contribution is 0.379. The first-order valence-corrected chi connectivity index (χ1v) is 6.64. The fourth-order valence-electron chi connectivity index (χ4n) is 1.39. The Hall–Kier alpha value is -0.830. The van der Waals surface area contributed by atoms with E-state index in [9.17, 15) is 0 Å². The largest absolute Gasteiger partial charge is 0.348 e. The third-order valence-electron chi connectivity index (χ3n) is 2.50. The zero-order chi connectivity index (χ0) is 13.1. The van der Waals surface area contributed by atoms with E-state index in [0.717, 1.165) is 18.2 Å². The average molecular weight is 273 g/mol. The number of hydrogen-bond acceptors (Lipinski definition) is 5. The Morgan fingerprint density at radius 3 is 2.65 bits per heavy atom. The predicted octanol–water partition coefficient (Wildman–Crippen LogP) is 2.48. The monoisotopic (exact) mass is 272 g/mol. The fraction of sp³-hybridized carbons (Fsp3) is 0.636. The standard InChI is InChI=1S/C11H17ClN4S/c1-4-16(7-11(2,3)6-14)10-15-9(12)8(5-13)17-10/h4,6-7,14H2,1-3H3. The second-order valence-corrected chi connectivity index (χ2v) is 5.95. The van der Waals surface area contributed by atoms with E-state index in [2.05, 4.69) is 23.7 Å². The van der Waals surface area contributed by atoms with Gasteiger partial charge < -0.3 is 10.6 Å². The minimum Gasteiger partial charge on any atom is -0.348 e. The molecule has 0 unspecified atom stereocenters. The van der Waals surface area contributed by atoms with Crippen LogP contribution in [0.3, 0.4) is 0 Å². The summed E-state index contributed by atoms with van der Waals surface area (Å²) in [5.74, 6) is 0. The van der Waals surface area contributed by atoms with Crippen LogP contribution in [0.15, 0.2) is 0 Å². The maximum atomic E-state index is 8.86. The molecule has 6 heteroatoms. The van der Waals surface area contributed by atoms with Crippen molar-refractivity contribution in [3.05, 3.63) is 10.0 Å². The smallest absolute Gasteiger partial charge is 0.188 e. The van der Waals surface area contributed by atoms with Crippen molar-refractivity contribution in [1.82, 2.24) is 4.98 Å². The van der Waals surface area contributed by atoms with Gasteiger partial charge in [0.2, 0.25) is 0 Å². The molecule has 0 aliphatic rings. The highest BCUT2D eigenvalue weighted by atomic mass is 35.5. The van der Waals surface area contributed by atoms with Crippen LogP contribution in [0.25, 0.3) is 0 Å². The van der Waals surface area contributed by atoms with Gasteiger partial charge in [0.1, 0.15) is 10.9 Å². The van der Waals surface area contributed by atoms with Gasteiger partial charge in [0.25, 0.3) is 0 Å². The lowest BCUT2D eigenvalue weighted by Gasteiger charge is -2.30. The Bertz CT molecular complexity index is 422. The molecule has 0 aromatic carbocycles. The van der Waals surface area contributed by atoms with Crippen LogP contribution in [0.1, 0.15) is 25.6 Å². The Kier molecular flexibility index (Phi) is 4.75. The molecule has 0 aliphatic heterocycles. The van der Waals surface area contributed by atoms with Crippen LogP contribution in [0.2, 0.25) is 5.15 Å². The van der Waals surface area contributed by atoms with Crippen LogP contribution >= 0.6 is 22.9 Å². The number of hydrogen-bond donors (Lipinski definition) is 1. The molecule has 1 rings (SSSR count). The van der Waals surface area contributed by atoms with E-state index in [4.69, 9.17) is 22.6 Å². The first kappa shape index (κ1) is 14.2. The summed E-state index contributed by atoms with van der Waals surface area (Å²) in [6.07, 6.45) is 0. The summed E-state index contributed by atoms with van der Waals surface area (Å²) in [6.45, 7) is 8.49. The number of halogens is 1. The second kappa shape index (κ2) is 5.67. The van der Waals surface area contributed by atoms with Gasteiger partial charge in [0.05, 0.1) is 0 Å². The van der Waals surface area contributed by atoms with Gasteiger partial charge in [-0.1, -0.05) is 36.8 Å². The van der Waals surface area contributed by atoms with Crippen LogP contribution in [0, 0.1) is 16.7 Å². The van der Waals surface area contributed by atoms with E-state index in [-0.39, 0.29) is 10.6 Å². The van der Waals surface area contributed by atoms with Gasteiger partial charge >= 0.3 is 0 Å². The molecule has 0 atom stereocenters. The quantitative estimate of drug-likeness (QED) is 0.894. The van der Waals surface area contributed by atoms with Crippen LogP contribution in [-0.2, 0) is 0 Å². The van der Waals surface area contributed by atoms with Crippen LogP contribution in [0.4, 0.5) is 5.13 Å². The molecule has 0 aliphatic carbocycles. The molecule has 1 aromatic rings. The lowest BCUT2D eigenvalue weighted by Crippen LogP contribution is -2.38. The van der Waals surface area contributed by atoms with Crippen molar-refractivity contribution in [3.8, 4) is 6.07 Å². The Labute approximate surface area is 111 Å². The third kappa shape index (κ3) is 3.56. The molecular weight excluding hydrogens is 256 g/mol. The molecule has 0 amide bonds. The molecule has 4 nitrogen and oxygen atoms in total. The third-order valence-corrected chi connectivity index (χ3v) is 3.91. The average Bonchev–Trinajstić information content (AvgIpc) is 2.67. The Morgan fingerprint density at radius 1 is 1.59 bits per heavy atom. The van der Waals surface area contributed by atoms with E-state index in [1.807, 2.05) is 13.0 Å². The van der Waals surface area contributed by atoms with Crippen molar-refractivity contribution >= 4 is 28.1 Å². The van der Waals surface area contributed by atoms with Gasteiger partial charge in [-0.15, -0.1) is 0 Å². The maximum absolute atomic E-state index is 8.86. The van der Waals surface area contributed by atoms with Crippen molar-refractivity contribution < 1.29 is 0 Å². The van der Waals surface area contributed by atoms with E-state index in [1.165, 1.54) is 11.3 Å². The molecule has 0 spiro atoms. The van der Waals surface area contributed by atoms with Gasteiger partial charge in [-0.05, 0) is 18.9 Å². The molecule has 0 saturated carbocycles. The molecular formula is C11H17ClN4S. The second-order valence-electron chi connectivity index (χ2n) is 4.61. The molecule has 1 aromatic heterocycles. The highest BCUT2D eigenvalue weighted by Crippen LogP contribution is 2.30. The normalized spacial score (nSPS) is 11.3. The lowest BCUT2D eigenvalue weighted by atomic mass is 9.93. The van der Waals surface area contributed by atoms with Crippen LogP contribution < -0.4 is 10.6 Å². The fourth-order valence-corrected chi connectivity index (χ4v) is 2.50. The summed E-state index contributed by atoms with van der Waals surface area (Å²) in [5.41, 5.74) is 5.74. The van der Waals surface area contributed by atoms with Crippen LogP contribution in [0.5, 0.6) is 0 Å². The molecule has 2 N–H and O–H groups in total. The highest BCUT2D eigenvalue weighted by Gasteiger charge is 2.22. The molecule has 0 fully saturated rings. The van der Waals surface area contributed by atoms with Gasteiger partial charge in [-0.3, -0.25) is 0 Å². The maximum Gasteiger partial charge on any atom is 0.188 e. The molecule has 1 heterocycles. The zero-order valence-corrected chi connectivity index (χ0v) is 11.9. The summed E-state index contributed by atoms with van der Waals surface area (Å²) in [5, 5.41) is 9.94. The number of aromatic nitrogens is 1. The number of nitriles is 1. The zero-order valence-electron chi connectivity index (χ0n) is 10.3. The molecule has 0 bridgehead atoms. The highest BCUT2D eigenvalue weighted by molar-refractivity contribution is 7.16. The summed E-state index contributed by atoms with van der Waals surface area (Å²) in [7, 11) is 0. The van der Waals surface area contributed by atoms with Gasteiger partial charge in [-0.2, -0.15) is 5.26 Å². The first-order valence-electron chi connectivity index (χ1n) is 5.45. The number of thiazole rings is 1. The van der Waals surface area contributed by atoms with Crippen molar-refractivity contribution in [2.45, 2.75) is 20.8 Å². The van der Waals surface area contributed by atoms with Crippen LogP contribution in [-0.4, -0.2) is 24.6 Å². The number of rotatable bonds is 5. The summed E-state index contributed by atoms with van der Waals surface area (Å²) < 4.78 is 0. The Balaban J connectivity index is 2.91. The van der Waals surface area contributed by atoms with E-state index in [0.29, 0.717) is 11.4 Å². The summed E-state index contributed by atoms with van der Waals surface area (Å²) >= 11 is 7.20. The van der Waals surface area contributed by atoms with Crippen molar-refractivity contribution in [2.75, 3.05) is 24.5 Å². The minimum absolute atomic E-state index is 0.0148. The summed E-state index contributed by atoms with van der Waals surface area (Å²) in [6, 6.07) is 2.04. The van der Waals surface area contributed by atoms with E-state index < -0.39 is 0 Å².